The van der Waals surface area contributed by atoms with Crippen molar-refractivity contribution < 1.29 is 9.18 Å². The summed E-state index contributed by atoms with van der Waals surface area (Å²) in [5.41, 5.74) is 0.194. The first-order valence-electron chi connectivity index (χ1n) is 5.77. The van der Waals surface area contributed by atoms with Crippen molar-refractivity contribution in [2.24, 2.45) is 0 Å². The Morgan fingerprint density at radius 2 is 2.00 bits per heavy atom. The van der Waals surface area contributed by atoms with Crippen LogP contribution in [0.3, 0.4) is 0 Å². The Bertz CT molecular complexity index is 422. The van der Waals surface area contributed by atoms with Crippen LogP contribution in [-0.2, 0) is 0 Å². The molecule has 3 nitrogen and oxygen atoms in total. The van der Waals surface area contributed by atoms with Crippen molar-refractivity contribution >= 4 is 5.78 Å². The van der Waals surface area contributed by atoms with Gasteiger partial charge >= 0.3 is 0 Å². The van der Waals surface area contributed by atoms with Gasteiger partial charge < -0.3 is 4.90 Å². The first-order valence-corrected chi connectivity index (χ1v) is 5.77. The van der Waals surface area contributed by atoms with Gasteiger partial charge in [-0.05, 0) is 26.2 Å². The lowest BCUT2D eigenvalue weighted by Gasteiger charge is -2.36. The number of hydrogen-bond acceptors (Lipinski definition) is 3. The Kier molecular flexibility index (Phi) is 3.54. The third kappa shape index (κ3) is 2.53. The summed E-state index contributed by atoms with van der Waals surface area (Å²) < 4.78 is 13.6. The average molecular weight is 236 g/mol. The topological polar surface area (TPSA) is 23.6 Å². The molecule has 0 N–H and O–H groups in total. The average Bonchev–Trinajstić information content (AvgIpc) is 2.32. The molecule has 92 valence electrons. The van der Waals surface area contributed by atoms with Crippen LogP contribution < -0.4 is 0 Å². The van der Waals surface area contributed by atoms with E-state index in [2.05, 4.69) is 4.90 Å². The smallest absolute Gasteiger partial charge is 0.184 e. The molecular formula is C13H17FN2O. The Balaban J connectivity index is 2.22. The van der Waals surface area contributed by atoms with Gasteiger partial charge in [0.1, 0.15) is 5.82 Å². The van der Waals surface area contributed by atoms with Crippen LogP contribution in [0.2, 0.25) is 0 Å². The zero-order chi connectivity index (χ0) is 12.4. The van der Waals surface area contributed by atoms with Gasteiger partial charge in [0, 0.05) is 19.6 Å². The van der Waals surface area contributed by atoms with Crippen LogP contribution in [0.4, 0.5) is 4.39 Å². The number of carbonyl (C=O) groups excluding carboxylic acids is 1. The third-order valence-electron chi connectivity index (χ3n) is 3.29. The van der Waals surface area contributed by atoms with E-state index in [1.165, 1.54) is 6.07 Å². The normalized spacial score (nSPS) is 22.6. The minimum atomic E-state index is -0.431. The van der Waals surface area contributed by atoms with E-state index in [4.69, 9.17) is 0 Å². The van der Waals surface area contributed by atoms with Crippen LogP contribution in [0.5, 0.6) is 0 Å². The second-order valence-electron chi connectivity index (χ2n) is 4.60. The van der Waals surface area contributed by atoms with Gasteiger partial charge in [0.15, 0.2) is 5.78 Å². The van der Waals surface area contributed by atoms with Crippen LogP contribution in [0.25, 0.3) is 0 Å². The summed E-state index contributed by atoms with van der Waals surface area (Å²) in [6.07, 6.45) is 0. The minimum absolute atomic E-state index is 0.128. The predicted molar refractivity (Wildman–Crippen MR) is 64.6 cm³/mol. The Hall–Kier alpha value is -1.26. The molecule has 0 amide bonds. The van der Waals surface area contributed by atoms with Gasteiger partial charge in [0.05, 0.1) is 11.6 Å². The second kappa shape index (κ2) is 4.94. The fourth-order valence-electron chi connectivity index (χ4n) is 2.13. The molecule has 1 fully saturated rings. The summed E-state index contributed by atoms with van der Waals surface area (Å²) in [6.45, 7) is 2.43. The Labute approximate surface area is 101 Å². The number of hydrogen-bond donors (Lipinski definition) is 0. The van der Waals surface area contributed by atoms with Crippen LogP contribution in [-0.4, -0.2) is 55.4 Å². The molecule has 0 bridgehead atoms. The zero-order valence-electron chi connectivity index (χ0n) is 10.2. The fourth-order valence-corrected chi connectivity index (χ4v) is 2.13. The van der Waals surface area contributed by atoms with E-state index in [-0.39, 0.29) is 17.4 Å². The lowest BCUT2D eigenvalue weighted by atomic mass is 10.0. The summed E-state index contributed by atoms with van der Waals surface area (Å²) in [6, 6.07) is 5.94. The number of piperazine rings is 1. The van der Waals surface area contributed by atoms with Gasteiger partial charge in [-0.15, -0.1) is 0 Å². The monoisotopic (exact) mass is 236 g/mol. The maximum Gasteiger partial charge on any atom is 0.184 e. The number of rotatable bonds is 2. The number of benzene rings is 1. The molecule has 0 spiro atoms. The number of nitrogens with zero attached hydrogens (tertiary/aromatic N) is 2. The maximum absolute atomic E-state index is 13.6. The molecular weight excluding hydrogens is 219 g/mol. The molecule has 1 aromatic rings. The number of Topliss-reactive ketones (excluding diaryl/α,β-unsaturated/α-hetero) is 1. The third-order valence-corrected chi connectivity index (χ3v) is 3.29. The highest BCUT2D eigenvalue weighted by Gasteiger charge is 2.30. The minimum Gasteiger partial charge on any atom is -0.303 e. The first kappa shape index (κ1) is 12.2. The molecule has 4 heteroatoms. The summed E-state index contributed by atoms with van der Waals surface area (Å²) in [4.78, 5) is 16.4. The maximum atomic E-state index is 13.6. The lowest BCUT2D eigenvalue weighted by molar-refractivity contribution is 0.0682. The van der Waals surface area contributed by atoms with Crippen LogP contribution in [0, 0.1) is 5.82 Å². The lowest BCUT2D eigenvalue weighted by Crippen LogP contribution is -2.53. The molecule has 1 unspecified atom stereocenters. The molecule has 0 saturated carbocycles. The summed E-state index contributed by atoms with van der Waals surface area (Å²) in [7, 11) is 3.89. The number of carbonyl (C=O) groups is 1. The van der Waals surface area contributed by atoms with E-state index in [0.29, 0.717) is 6.54 Å². The van der Waals surface area contributed by atoms with Gasteiger partial charge in [-0.2, -0.15) is 0 Å². The van der Waals surface area contributed by atoms with E-state index in [1.807, 2.05) is 19.0 Å². The molecule has 1 aromatic carbocycles. The Morgan fingerprint density at radius 1 is 1.29 bits per heavy atom. The molecule has 1 aliphatic rings. The number of ketones is 1. The van der Waals surface area contributed by atoms with Crippen LogP contribution >= 0.6 is 0 Å². The van der Waals surface area contributed by atoms with Crippen molar-refractivity contribution in [2.45, 2.75) is 6.04 Å². The largest absolute Gasteiger partial charge is 0.303 e. The highest BCUT2D eigenvalue weighted by Crippen LogP contribution is 2.15. The molecule has 0 aromatic heterocycles. The highest BCUT2D eigenvalue weighted by molar-refractivity contribution is 6.00. The first-order chi connectivity index (χ1) is 8.09. The predicted octanol–water partition coefficient (Wildman–Crippen LogP) is 1.25. The molecule has 0 radical (unpaired) electrons. The number of likely N-dealkylation sites (N-methyl/N-ethyl adjacent to an activating group) is 2. The van der Waals surface area contributed by atoms with Crippen molar-refractivity contribution in [2.75, 3.05) is 33.7 Å². The molecule has 1 aliphatic heterocycles. The van der Waals surface area contributed by atoms with Gasteiger partial charge in [-0.3, -0.25) is 9.69 Å². The van der Waals surface area contributed by atoms with Gasteiger partial charge in [0.2, 0.25) is 0 Å². The summed E-state index contributed by atoms with van der Waals surface area (Å²) in [5.74, 6) is -0.559. The van der Waals surface area contributed by atoms with Crippen molar-refractivity contribution in [3.63, 3.8) is 0 Å². The second-order valence-corrected chi connectivity index (χ2v) is 4.60. The van der Waals surface area contributed by atoms with Crippen molar-refractivity contribution in [3.05, 3.63) is 35.6 Å². The SMILES string of the molecule is CN1CCN(C)C(C(=O)c2ccccc2F)C1. The van der Waals surface area contributed by atoms with Crippen LogP contribution in [0.1, 0.15) is 10.4 Å². The Morgan fingerprint density at radius 3 is 2.71 bits per heavy atom. The summed E-state index contributed by atoms with van der Waals surface area (Å²) >= 11 is 0. The van der Waals surface area contributed by atoms with Gasteiger partial charge in [0.25, 0.3) is 0 Å². The van der Waals surface area contributed by atoms with E-state index in [9.17, 15) is 9.18 Å². The van der Waals surface area contributed by atoms with Gasteiger partial charge in [-0.1, -0.05) is 12.1 Å². The molecule has 1 saturated heterocycles. The molecule has 17 heavy (non-hydrogen) atoms. The van der Waals surface area contributed by atoms with E-state index >= 15 is 0 Å². The molecule has 2 rings (SSSR count). The van der Waals surface area contributed by atoms with Crippen molar-refractivity contribution in [1.29, 1.82) is 0 Å². The van der Waals surface area contributed by atoms with Crippen LogP contribution in [0.15, 0.2) is 24.3 Å². The molecule has 1 atom stereocenters. The summed E-state index contributed by atoms with van der Waals surface area (Å²) in [5, 5.41) is 0. The molecule has 1 heterocycles. The number of halogens is 1. The highest BCUT2D eigenvalue weighted by atomic mass is 19.1. The van der Waals surface area contributed by atoms with E-state index in [0.717, 1.165) is 13.1 Å². The zero-order valence-corrected chi connectivity index (χ0v) is 10.2. The van der Waals surface area contributed by atoms with Gasteiger partial charge in [-0.25, -0.2) is 4.39 Å². The van der Waals surface area contributed by atoms with Crippen molar-refractivity contribution in [1.82, 2.24) is 9.80 Å². The van der Waals surface area contributed by atoms with E-state index < -0.39 is 5.82 Å². The fraction of sp³-hybridized carbons (Fsp3) is 0.462. The quantitative estimate of drug-likeness (QED) is 0.722. The van der Waals surface area contributed by atoms with Crippen molar-refractivity contribution in [3.8, 4) is 0 Å². The van der Waals surface area contributed by atoms with E-state index in [1.54, 1.807) is 18.2 Å². The molecule has 0 aliphatic carbocycles. The standard InChI is InChI=1S/C13H17FN2O/c1-15-7-8-16(2)12(9-15)13(17)10-5-3-4-6-11(10)14/h3-6,12H,7-9H2,1-2H3.